The van der Waals surface area contributed by atoms with Crippen molar-refractivity contribution >= 4 is 35.6 Å². The van der Waals surface area contributed by atoms with Crippen LogP contribution in [-0.2, 0) is 35.4 Å². The summed E-state index contributed by atoms with van der Waals surface area (Å²) in [5, 5.41) is 18.5. The van der Waals surface area contributed by atoms with E-state index in [2.05, 4.69) is 9.78 Å². The molecule has 0 saturated heterocycles. The number of alkyl halides is 3. The minimum atomic E-state index is -5.43. The zero-order chi connectivity index (χ0) is 30.0. The monoisotopic (exact) mass is 571 g/mol. The van der Waals surface area contributed by atoms with Crippen LogP contribution in [0.25, 0.3) is 0 Å². The molecule has 2 atom stereocenters. The van der Waals surface area contributed by atoms with E-state index in [1.807, 2.05) is 5.32 Å². The summed E-state index contributed by atoms with van der Waals surface area (Å²) >= 11 is 0. The van der Waals surface area contributed by atoms with Gasteiger partial charge >= 0.3 is 30.1 Å². The fourth-order valence-electron chi connectivity index (χ4n) is 3.08. The molecule has 1 unspecified atom stereocenters. The molecule has 0 spiro atoms. The molecule has 1 aromatic carbocycles. The van der Waals surface area contributed by atoms with Crippen molar-refractivity contribution in [2.45, 2.75) is 44.8 Å². The zero-order valence-electron chi connectivity index (χ0n) is 20.8. The smallest absolute Gasteiger partial charge is 0.480 e. The number of amides is 1. The molecular formula is C24H24F3N3O10. The van der Waals surface area contributed by atoms with Crippen LogP contribution < -0.4 is 15.8 Å². The molecule has 0 aliphatic heterocycles. The van der Waals surface area contributed by atoms with E-state index in [1.165, 1.54) is 30.3 Å². The lowest BCUT2D eigenvalue weighted by Crippen LogP contribution is -2.42. The summed E-state index contributed by atoms with van der Waals surface area (Å²) in [6, 6.07) is 7.05. The van der Waals surface area contributed by atoms with Crippen LogP contribution in [0.5, 0.6) is 5.75 Å². The van der Waals surface area contributed by atoms with Gasteiger partial charge in [0.05, 0.1) is 6.42 Å². The van der Waals surface area contributed by atoms with E-state index in [-0.39, 0.29) is 36.1 Å². The molecule has 40 heavy (non-hydrogen) atoms. The maximum absolute atomic E-state index is 12.3. The van der Waals surface area contributed by atoms with Crippen molar-refractivity contribution in [1.82, 2.24) is 5.32 Å². The average Bonchev–Trinajstić information content (AvgIpc) is 3.33. The second kappa shape index (κ2) is 13.8. The average molecular weight is 571 g/mol. The Morgan fingerprint density at radius 3 is 2.30 bits per heavy atom. The highest BCUT2D eigenvalue weighted by Gasteiger charge is 2.43. The van der Waals surface area contributed by atoms with Crippen molar-refractivity contribution in [3.63, 3.8) is 0 Å². The lowest BCUT2D eigenvalue weighted by molar-refractivity contribution is -0.286. The van der Waals surface area contributed by atoms with Crippen molar-refractivity contribution in [3.05, 3.63) is 53.5 Å². The summed E-state index contributed by atoms with van der Waals surface area (Å²) < 4.78 is 46.8. The molecule has 1 heterocycles. The Kier molecular flexibility index (Phi) is 10.8. The number of nitrogen functional groups attached to an aromatic ring is 1. The van der Waals surface area contributed by atoms with E-state index in [4.69, 9.17) is 25.4 Å². The van der Waals surface area contributed by atoms with E-state index >= 15 is 0 Å². The largest absolute Gasteiger partial charge is 0.495 e. The van der Waals surface area contributed by atoms with Crippen molar-refractivity contribution in [3.8, 4) is 5.75 Å². The molecule has 0 aliphatic rings. The fraction of sp³-hybridized carbons (Fsp3) is 0.333. The predicted octanol–water partition coefficient (Wildman–Crippen LogP) is 2.26. The van der Waals surface area contributed by atoms with E-state index in [0.717, 1.165) is 0 Å². The number of benzene rings is 1. The second-order valence-electron chi connectivity index (χ2n) is 8.43. The van der Waals surface area contributed by atoms with Gasteiger partial charge in [0.25, 0.3) is 0 Å². The second-order valence-corrected chi connectivity index (χ2v) is 8.43. The van der Waals surface area contributed by atoms with E-state index in [9.17, 15) is 37.1 Å². The van der Waals surface area contributed by atoms with Gasteiger partial charge < -0.3 is 25.3 Å². The maximum Gasteiger partial charge on any atom is 0.495 e. The van der Waals surface area contributed by atoms with Gasteiger partial charge in [-0.05, 0) is 48.7 Å². The number of nitrogens with one attached hydrogen (secondary N) is 2. The topological polar surface area (TPSA) is 208 Å². The van der Waals surface area contributed by atoms with Gasteiger partial charge in [0.15, 0.2) is 0 Å². The highest BCUT2D eigenvalue weighted by atomic mass is 19.4. The molecule has 16 heteroatoms. The number of rotatable bonds is 12. The van der Waals surface area contributed by atoms with Gasteiger partial charge in [-0.25, -0.2) is 29.0 Å². The molecule has 2 aromatic rings. The van der Waals surface area contributed by atoms with Crippen molar-refractivity contribution in [2.75, 3.05) is 0 Å². The highest BCUT2D eigenvalue weighted by molar-refractivity contribution is 5.95. The van der Waals surface area contributed by atoms with E-state index in [1.54, 1.807) is 13.0 Å². The number of furan rings is 1. The third-order valence-corrected chi connectivity index (χ3v) is 5.10. The van der Waals surface area contributed by atoms with Gasteiger partial charge in [-0.15, -0.1) is 0 Å². The summed E-state index contributed by atoms with van der Waals surface area (Å²) in [6.45, 7) is 1.76. The number of carbonyl (C=O) groups is 5. The number of carboxylic acids is 1. The number of aliphatic carboxylic acids is 1. The third-order valence-electron chi connectivity index (χ3n) is 5.10. The number of hydrogen-bond acceptors (Lipinski definition) is 10. The van der Waals surface area contributed by atoms with Crippen LogP contribution in [0.15, 0.2) is 40.8 Å². The quantitative estimate of drug-likeness (QED) is 0.0725. The van der Waals surface area contributed by atoms with Crippen LogP contribution in [0.1, 0.15) is 48.1 Å². The van der Waals surface area contributed by atoms with Gasteiger partial charge in [-0.2, -0.15) is 13.2 Å². The molecule has 0 bridgehead atoms. The molecular weight excluding hydrogens is 547 g/mol. The molecule has 1 amide bonds. The SMILES string of the molecule is CC(CCC(=O)N[C@@H](CC(=O)OOC(=O)C(F)(F)F)C(=O)O)Cc1ccc(C(=O)Oc2ccc(C(=N)N)cc2)o1. The lowest BCUT2D eigenvalue weighted by Gasteiger charge is -2.15. The number of ether oxygens (including phenoxy) is 1. The predicted molar refractivity (Wildman–Crippen MR) is 126 cm³/mol. The zero-order valence-corrected chi connectivity index (χ0v) is 20.8. The Hall–Kier alpha value is -4.89. The molecule has 1 aromatic heterocycles. The summed E-state index contributed by atoms with van der Waals surface area (Å²) in [6.07, 6.45) is -6.19. The Balaban J connectivity index is 1.80. The van der Waals surface area contributed by atoms with Crippen molar-refractivity contribution in [2.24, 2.45) is 11.7 Å². The number of esters is 1. The Labute approximate surface area is 223 Å². The summed E-state index contributed by atoms with van der Waals surface area (Å²) in [5.41, 5.74) is 5.83. The van der Waals surface area contributed by atoms with Gasteiger partial charge in [-0.3, -0.25) is 10.2 Å². The number of nitrogens with two attached hydrogens (primary N) is 1. The van der Waals surface area contributed by atoms with E-state index in [0.29, 0.717) is 17.7 Å². The Morgan fingerprint density at radius 1 is 1.07 bits per heavy atom. The first-order chi connectivity index (χ1) is 18.6. The van der Waals surface area contributed by atoms with Crippen LogP contribution in [0.4, 0.5) is 13.2 Å². The fourth-order valence-corrected chi connectivity index (χ4v) is 3.08. The number of hydrogen-bond donors (Lipinski definition) is 4. The molecule has 216 valence electrons. The Bertz CT molecular complexity index is 1260. The summed E-state index contributed by atoms with van der Waals surface area (Å²) in [5.74, 6) is -7.44. The molecule has 0 fully saturated rings. The highest BCUT2D eigenvalue weighted by Crippen LogP contribution is 2.20. The number of carboxylic acid groups (broad SMARTS) is 1. The molecule has 0 saturated carbocycles. The van der Waals surface area contributed by atoms with Gasteiger partial charge in [0.2, 0.25) is 11.7 Å². The van der Waals surface area contributed by atoms with Crippen LogP contribution in [0, 0.1) is 11.3 Å². The standard InChI is InChI=1S/C24H24F3N3O10/c1-12(2-9-18(31)30-16(21(33)34)11-19(32)39-40-23(36)24(25,26)27)10-15-7-8-17(37-15)22(35)38-14-5-3-13(4-6-14)20(28)29/h3-8,12,16H,2,9-11H2,1H3,(H3,28,29)(H,30,31)(H,33,34)/t12?,16-/m0/s1. The van der Waals surface area contributed by atoms with Crippen LogP contribution >= 0.6 is 0 Å². The minimum absolute atomic E-state index is 0.0762. The van der Waals surface area contributed by atoms with Crippen LogP contribution in [-0.4, -0.2) is 52.9 Å². The molecule has 0 radical (unpaired) electrons. The number of halogens is 3. The first-order valence-electron chi connectivity index (χ1n) is 11.4. The van der Waals surface area contributed by atoms with Gasteiger partial charge in [0, 0.05) is 18.4 Å². The lowest BCUT2D eigenvalue weighted by atomic mass is 10.00. The van der Waals surface area contributed by atoms with E-state index < -0.39 is 48.4 Å². The molecule has 13 nitrogen and oxygen atoms in total. The summed E-state index contributed by atoms with van der Waals surface area (Å²) in [7, 11) is 0. The van der Waals surface area contributed by atoms with Crippen molar-refractivity contribution in [1.29, 1.82) is 5.41 Å². The maximum atomic E-state index is 12.3. The normalized spacial score (nSPS) is 12.5. The van der Waals surface area contributed by atoms with Crippen LogP contribution in [0.2, 0.25) is 0 Å². The minimum Gasteiger partial charge on any atom is -0.480 e. The van der Waals surface area contributed by atoms with Gasteiger partial charge in [-0.1, -0.05) is 6.92 Å². The third kappa shape index (κ3) is 10.1. The van der Waals surface area contributed by atoms with Gasteiger partial charge in [0.1, 0.15) is 23.4 Å². The molecule has 2 rings (SSSR count). The molecule has 5 N–H and O–H groups in total. The van der Waals surface area contributed by atoms with Crippen molar-refractivity contribution < 1.29 is 61.2 Å². The van der Waals surface area contributed by atoms with Crippen LogP contribution in [0.3, 0.4) is 0 Å². The summed E-state index contributed by atoms with van der Waals surface area (Å²) in [4.78, 5) is 64.7. The Morgan fingerprint density at radius 2 is 1.73 bits per heavy atom. The first-order valence-corrected chi connectivity index (χ1v) is 11.4. The number of amidine groups is 1. The molecule has 0 aliphatic carbocycles. The first kappa shape index (κ1) is 31.3. The number of carbonyl (C=O) groups excluding carboxylic acids is 4.